The van der Waals surface area contributed by atoms with Gasteiger partial charge in [-0.25, -0.2) is 4.98 Å². The molecule has 1 aliphatic heterocycles. The minimum atomic E-state index is -4.40. The highest BCUT2D eigenvalue weighted by Crippen LogP contribution is 2.38. The molecule has 3 heterocycles. The summed E-state index contributed by atoms with van der Waals surface area (Å²) in [4.78, 5) is 15.4. The number of benzene rings is 1. The quantitative estimate of drug-likeness (QED) is 0.747. The van der Waals surface area contributed by atoms with E-state index in [9.17, 15) is 13.2 Å². The summed E-state index contributed by atoms with van der Waals surface area (Å²) in [7, 11) is 0. The maximum Gasteiger partial charge on any atom is 0.416 e. The fourth-order valence-corrected chi connectivity index (χ4v) is 2.67. The highest BCUT2D eigenvalue weighted by atomic mass is 19.4. The number of alkyl halides is 3. The number of aromatic nitrogens is 3. The fourth-order valence-electron chi connectivity index (χ4n) is 2.67. The molecule has 0 aliphatic carbocycles. The Balaban J connectivity index is 2.02. The van der Waals surface area contributed by atoms with Gasteiger partial charge in [-0.1, -0.05) is 0 Å². The average molecular weight is 302 g/mol. The van der Waals surface area contributed by atoms with Crippen LogP contribution >= 0.6 is 0 Å². The summed E-state index contributed by atoms with van der Waals surface area (Å²) in [5.74, 6) is 0. The molecule has 4 nitrogen and oxygen atoms in total. The van der Waals surface area contributed by atoms with E-state index in [0.717, 1.165) is 12.1 Å². The van der Waals surface area contributed by atoms with Crippen molar-refractivity contribution in [3.05, 3.63) is 47.4 Å². The summed E-state index contributed by atoms with van der Waals surface area (Å²) in [6, 6.07) is 2.31. The summed E-state index contributed by atoms with van der Waals surface area (Å²) >= 11 is 0. The second kappa shape index (κ2) is 4.40. The van der Waals surface area contributed by atoms with Crippen molar-refractivity contribution in [3.8, 4) is 11.1 Å². The van der Waals surface area contributed by atoms with Crippen LogP contribution in [0.25, 0.3) is 22.3 Å². The minimum absolute atomic E-state index is 0.264. The molecule has 0 amide bonds. The van der Waals surface area contributed by atoms with Gasteiger partial charge < -0.3 is 4.98 Å². The molecule has 0 spiro atoms. The normalized spacial score (nSPS) is 13.8. The number of aromatic amines is 1. The van der Waals surface area contributed by atoms with Crippen LogP contribution in [0.2, 0.25) is 0 Å². The second-order valence-corrected chi connectivity index (χ2v) is 5.02. The third-order valence-electron chi connectivity index (χ3n) is 3.67. The summed E-state index contributed by atoms with van der Waals surface area (Å²) in [6.07, 6.45) is 1.89. The van der Waals surface area contributed by atoms with Gasteiger partial charge in [-0.05, 0) is 23.3 Å². The first-order chi connectivity index (χ1) is 10.5. The lowest BCUT2D eigenvalue weighted by molar-refractivity contribution is -0.137. The number of hydrogen-bond donors (Lipinski definition) is 1. The molecule has 1 aliphatic rings. The lowest BCUT2D eigenvalue weighted by atomic mass is 9.95. The smallest absolute Gasteiger partial charge is 0.344 e. The van der Waals surface area contributed by atoms with Crippen molar-refractivity contribution in [2.24, 2.45) is 4.99 Å². The summed E-state index contributed by atoms with van der Waals surface area (Å²) in [5, 5.41) is 0. The van der Waals surface area contributed by atoms with Crippen molar-refractivity contribution in [2.45, 2.75) is 12.7 Å². The molecule has 0 saturated heterocycles. The minimum Gasteiger partial charge on any atom is -0.344 e. The van der Waals surface area contributed by atoms with Crippen LogP contribution in [0.1, 0.15) is 16.7 Å². The molecule has 0 atom stereocenters. The molecule has 7 heteroatoms. The molecular weight excluding hydrogens is 293 g/mol. The predicted octanol–water partition coefficient (Wildman–Crippen LogP) is 3.58. The summed E-state index contributed by atoms with van der Waals surface area (Å²) < 4.78 is 39.3. The van der Waals surface area contributed by atoms with Gasteiger partial charge in [-0.2, -0.15) is 13.2 Å². The van der Waals surface area contributed by atoms with Crippen molar-refractivity contribution in [2.75, 3.05) is 0 Å². The average Bonchev–Trinajstić information content (AvgIpc) is 3.12. The monoisotopic (exact) mass is 302 g/mol. The van der Waals surface area contributed by atoms with Crippen LogP contribution in [-0.2, 0) is 12.7 Å². The van der Waals surface area contributed by atoms with Crippen LogP contribution in [0.3, 0.4) is 0 Å². The van der Waals surface area contributed by atoms with E-state index in [-0.39, 0.29) is 6.54 Å². The molecule has 1 aromatic carbocycles. The number of aliphatic imine (C=N–C) groups is 1. The number of hydrogen-bond acceptors (Lipinski definition) is 3. The third kappa shape index (κ3) is 1.89. The van der Waals surface area contributed by atoms with Gasteiger partial charge in [-0.15, -0.1) is 0 Å². The van der Waals surface area contributed by atoms with Gasteiger partial charge in [0.05, 0.1) is 12.1 Å². The Hall–Kier alpha value is -2.70. The fraction of sp³-hybridized carbons (Fsp3) is 0.133. The van der Waals surface area contributed by atoms with Crippen LogP contribution in [0, 0.1) is 0 Å². The van der Waals surface area contributed by atoms with Crippen molar-refractivity contribution in [1.82, 2.24) is 15.0 Å². The molecule has 110 valence electrons. The standard InChI is InChI=1S/C15H9F3N4/c16-15(17,18)9-3-8-5-19-6-11(8)10(4-9)12-7-22-14-13(12)20-1-2-21-14/h1-4,6-7H,5H2,(H,21,22). The zero-order valence-corrected chi connectivity index (χ0v) is 11.1. The largest absolute Gasteiger partial charge is 0.416 e. The molecule has 3 aromatic rings. The van der Waals surface area contributed by atoms with Gasteiger partial charge in [0, 0.05) is 35.9 Å². The van der Waals surface area contributed by atoms with Gasteiger partial charge in [0.15, 0.2) is 5.65 Å². The first-order valence-corrected chi connectivity index (χ1v) is 6.56. The molecule has 1 N–H and O–H groups in total. The predicted molar refractivity (Wildman–Crippen MR) is 75.6 cm³/mol. The van der Waals surface area contributed by atoms with E-state index in [4.69, 9.17) is 0 Å². The van der Waals surface area contributed by atoms with E-state index >= 15 is 0 Å². The van der Waals surface area contributed by atoms with Crippen LogP contribution in [-0.4, -0.2) is 21.2 Å². The third-order valence-corrected chi connectivity index (χ3v) is 3.67. The second-order valence-electron chi connectivity index (χ2n) is 5.02. The molecule has 0 unspecified atom stereocenters. The molecule has 0 saturated carbocycles. The van der Waals surface area contributed by atoms with Crippen LogP contribution in [0.5, 0.6) is 0 Å². The van der Waals surface area contributed by atoms with Gasteiger partial charge in [0.25, 0.3) is 0 Å². The Bertz CT molecular complexity index is 909. The number of fused-ring (bicyclic) bond motifs is 2. The van der Waals surface area contributed by atoms with Crippen LogP contribution in [0.4, 0.5) is 13.2 Å². The van der Waals surface area contributed by atoms with Gasteiger partial charge in [0.1, 0.15) is 5.52 Å². The van der Waals surface area contributed by atoms with E-state index in [0.29, 0.717) is 33.4 Å². The number of nitrogens with one attached hydrogen (secondary N) is 1. The number of nitrogens with zero attached hydrogens (tertiary/aromatic N) is 3. The van der Waals surface area contributed by atoms with Crippen LogP contribution < -0.4 is 0 Å². The molecule has 0 bridgehead atoms. The Morgan fingerprint density at radius 1 is 1.05 bits per heavy atom. The molecule has 0 fully saturated rings. The van der Waals surface area contributed by atoms with E-state index < -0.39 is 11.7 Å². The number of halogens is 3. The van der Waals surface area contributed by atoms with Crippen molar-refractivity contribution in [3.63, 3.8) is 0 Å². The van der Waals surface area contributed by atoms with Gasteiger partial charge >= 0.3 is 6.18 Å². The zero-order chi connectivity index (χ0) is 15.3. The van der Waals surface area contributed by atoms with E-state index in [1.165, 1.54) is 12.4 Å². The first kappa shape index (κ1) is 13.0. The maximum absolute atomic E-state index is 13.1. The highest BCUT2D eigenvalue weighted by Gasteiger charge is 2.33. The molecule has 0 radical (unpaired) electrons. The summed E-state index contributed by atoms with van der Waals surface area (Å²) in [6.45, 7) is 0.264. The molecule has 4 rings (SSSR count). The molecule has 22 heavy (non-hydrogen) atoms. The number of rotatable bonds is 1. The Morgan fingerprint density at radius 3 is 2.68 bits per heavy atom. The van der Waals surface area contributed by atoms with Crippen LogP contribution in [0.15, 0.2) is 35.7 Å². The Kier molecular flexibility index (Phi) is 2.60. The number of H-pyrrole nitrogens is 1. The van der Waals surface area contributed by atoms with Crippen molar-refractivity contribution < 1.29 is 13.2 Å². The molecule has 2 aromatic heterocycles. The van der Waals surface area contributed by atoms with E-state index in [1.807, 2.05) is 0 Å². The Morgan fingerprint density at radius 2 is 1.86 bits per heavy atom. The van der Waals surface area contributed by atoms with Gasteiger partial charge in [-0.3, -0.25) is 9.98 Å². The van der Waals surface area contributed by atoms with E-state index in [1.54, 1.807) is 12.4 Å². The topological polar surface area (TPSA) is 53.9 Å². The lowest BCUT2D eigenvalue weighted by Gasteiger charge is -2.12. The first-order valence-electron chi connectivity index (χ1n) is 6.56. The van der Waals surface area contributed by atoms with Gasteiger partial charge in [0.2, 0.25) is 0 Å². The van der Waals surface area contributed by atoms with Crippen molar-refractivity contribution >= 4 is 17.4 Å². The lowest BCUT2D eigenvalue weighted by Crippen LogP contribution is -2.07. The zero-order valence-electron chi connectivity index (χ0n) is 11.1. The molecular formula is C15H9F3N4. The summed E-state index contributed by atoms with van der Waals surface area (Å²) in [5.41, 5.74) is 2.76. The highest BCUT2D eigenvalue weighted by molar-refractivity contribution is 6.00. The van der Waals surface area contributed by atoms with Crippen molar-refractivity contribution in [1.29, 1.82) is 0 Å². The maximum atomic E-state index is 13.1. The van der Waals surface area contributed by atoms with E-state index in [2.05, 4.69) is 19.9 Å². The Labute approximate surface area is 122 Å². The SMILES string of the molecule is FC(F)(F)c1cc2c(c(-c3c[nH]c4nccnc34)c1)C=NC2.